The van der Waals surface area contributed by atoms with E-state index in [1.54, 1.807) is 23.1 Å². The zero-order valence-corrected chi connectivity index (χ0v) is 21.9. The quantitative estimate of drug-likeness (QED) is 0.614. The van der Waals surface area contributed by atoms with E-state index in [9.17, 15) is 18.3 Å². The monoisotopic (exact) mass is 517 g/mol. The van der Waals surface area contributed by atoms with Crippen LogP contribution in [-0.2, 0) is 10.0 Å². The largest absolute Gasteiger partial charge is 0.492 e. The fraction of sp³-hybridized carbons (Fsp3) is 0.560. The first-order valence-electron chi connectivity index (χ1n) is 12.3. The summed E-state index contributed by atoms with van der Waals surface area (Å²) >= 11 is 0. The van der Waals surface area contributed by atoms with Crippen molar-refractivity contribution >= 4 is 15.9 Å². The number of likely N-dealkylation sites (tertiary alicyclic amines) is 1. The molecule has 0 radical (unpaired) electrons. The number of hydrogen-bond acceptors (Lipinski definition) is 8. The van der Waals surface area contributed by atoms with E-state index < -0.39 is 16.1 Å². The predicted molar refractivity (Wildman–Crippen MR) is 134 cm³/mol. The van der Waals surface area contributed by atoms with Crippen LogP contribution in [0.2, 0.25) is 0 Å². The molecule has 0 saturated carbocycles. The molecule has 196 valence electrons. The Labute approximate surface area is 212 Å². The molecule has 36 heavy (non-hydrogen) atoms. The molecule has 1 spiro atoms. The van der Waals surface area contributed by atoms with E-state index in [1.165, 1.54) is 18.7 Å². The number of rotatable bonds is 2. The Morgan fingerprint density at radius 2 is 1.92 bits per heavy atom. The lowest BCUT2D eigenvalue weighted by molar-refractivity contribution is 0.0159. The standard InChI is InChI=1S/C25H35N5O5S/c1-18(2)19-4-5-23-22(10-19)35-16-25(15-29(3)14-21(31)13-28-36(23,33)34)6-8-30(9-7-25)24(32)20-11-26-17-27-12-20/h4-5,10-12,17-18,21,28,31H,6-9,13-16H2,1-3H3. The van der Waals surface area contributed by atoms with Gasteiger partial charge in [-0.15, -0.1) is 0 Å². The summed E-state index contributed by atoms with van der Waals surface area (Å²) in [6.07, 6.45) is 4.93. The van der Waals surface area contributed by atoms with Crippen molar-refractivity contribution in [1.29, 1.82) is 0 Å². The Morgan fingerprint density at radius 3 is 2.58 bits per heavy atom. The maximum atomic E-state index is 13.1. The van der Waals surface area contributed by atoms with E-state index in [0.29, 0.717) is 56.9 Å². The number of nitrogens with one attached hydrogen (secondary N) is 1. The second-order valence-electron chi connectivity index (χ2n) is 10.3. The number of amides is 1. The Kier molecular flexibility index (Phi) is 7.93. The molecule has 1 amide bonds. The van der Waals surface area contributed by atoms with Crippen molar-refractivity contribution in [3.63, 3.8) is 0 Å². The van der Waals surface area contributed by atoms with Gasteiger partial charge in [-0.1, -0.05) is 19.9 Å². The summed E-state index contributed by atoms with van der Waals surface area (Å²) in [6.45, 7) is 6.32. The summed E-state index contributed by atoms with van der Waals surface area (Å²) in [4.78, 5) is 24.7. The zero-order valence-electron chi connectivity index (χ0n) is 21.1. The third kappa shape index (κ3) is 6.03. The first-order chi connectivity index (χ1) is 17.1. The van der Waals surface area contributed by atoms with Gasteiger partial charge in [0.2, 0.25) is 10.0 Å². The highest BCUT2D eigenvalue weighted by molar-refractivity contribution is 7.89. The fourth-order valence-corrected chi connectivity index (χ4v) is 6.12. The van der Waals surface area contributed by atoms with E-state index >= 15 is 0 Å². The third-order valence-electron chi connectivity index (χ3n) is 7.01. The lowest BCUT2D eigenvalue weighted by Gasteiger charge is -2.44. The smallest absolute Gasteiger partial charge is 0.256 e. The molecule has 1 saturated heterocycles. The second-order valence-corrected chi connectivity index (χ2v) is 12.0. The van der Waals surface area contributed by atoms with Crippen molar-refractivity contribution in [3.05, 3.63) is 48.0 Å². The minimum Gasteiger partial charge on any atom is -0.492 e. The van der Waals surface area contributed by atoms with Crippen molar-refractivity contribution < 1.29 is 23.1 Å². The number of carbonyl (C=O) groups excluding carboxylic acids is 1. The summed E-state index contributed by atoms with van der Waals surface area (Å²) in [5, 5.41) is 10.5. The van der Waals surface area contributed by atoms with E-state index in [1.807, 2.05) is 25.8 Å². The lowest BCUT2D eigenvalue weighted by Crippen LogP contribution is -2.51. The van der Waals surface area contributed by atoms with Crippen LogP contribution in [0.25, 0.3) is 0 Å². The van der Waals surface area contributed by atoms with Crippen LogP contribution in [0.3, 0.4) is 0 Å². The molecule has 2 aromatic rings. The SMILES string of the molecule is CC(C)c1ccc2c(c1)OCC1(CCN(C(=O)c3cncnc3)CC1)CN(C)CC(O)CNS2(=O)=O. The highest BCUT2D eigenvalue weighted by Gasteiger charge is 2.39. The van der Waals surface area contributed by atoms with Gasteiger partial charge < -0.3 is 19.6 Å². The maximum absolute atomic E-state index is 13.1. The van der Waals surface area contributed by atoms with Crippen LogP contribution in [0.1, 0.15) is 48.5 Å². The Hall–Kier alpha value is -2.60. The van der Waals surface area contributed by atoms with Gasteiger partial charge >= 0.3 is 0 Å². The topological polar surface area (TPSA) is 125 Å². The van der Waals surface area contributed by atoms with Gasteiger partial charge in [-0.25, -0.2) is 23.1 Å². The number of ether oxygens (including phenoxy) is 1. The second kappa shape index (κ2) is 10.8. The average Bonchev–Trinajstić information content (AvgIpc) is 2.86. The molecule has 11 heteroatoms. The number of carbonyl (C=O) groups is 1. The van der Waals surface area contributed by atoms with Crippen LogP contribution in [-0.4, -0.2) is 91.7 Å². The molecule has 0 aliphatic carbocycles. The average molecular weight is 518 g/mol. The minimum atomic E-state index is -3.87. The number of benzene rings is 1. The lowest BCUT2D eigenvalue weighted by atomic mass is 9.78. The molecule has 1 unspecified atom stereocenters. The molecule has 1 aromatic carbocycles. The van der Waals surface area contributed by atoms with Crippen LogP contribution in [0.15, 0.2) is 41.8 Å². The van der Waals surface area contributed by atoms with Crippen LogP contribution in [0, 0.1) is 5.41 Å². The molecule has 3 heterocycles. The summed E-state index contributed by atoms with van der Waals surface area (Å²) in [7, 11) is -1.96. The van der Waals surface area contributed by atoms with Crippen molar-refractivity contribution in [2.75, 3.05) is 46.4 Å². The molecular formula is C25H35N5O5S. The first kappa shape index (κ1) is 26.5. The van der Waals surface area contributed by atoms with Crippen LogP contribution < -0.4 is 9.46 Å². The van der Waals surface area contributed by atoms with Crippen LogP contribution in [0.5, 0.6) is 5.75 Å². The van der Waals surface area contributed by atoms with Crippen molar-refractivity contribution in [3.8, 4) is 5.75 Å². The highest BCUT2D eigenvalue weighted by atomic mass is 32.2. The molecule has 1 fully saturated rings. The highest BCUT2D eigenvalue weighted by Crippen LogP contribution is 2.36. The van der Waals surface area contributed by atoms with Crippen LogP contribution >= 0.6 is 0 Å². The number of aromatic nitrogens is 2. The Bertz CT molecular complexity index is 1170. The van der Waals surface area contributed by atoms with Crippen molar-refractivity contribution in [1.82, 2.24) is 24.5 Å². The van der Waals surface area contributed by atoms with Crippen molar-refractivity contribution in [2.24, 2.45) is 5.41 Å². The van der Waals surface area contributed by atoms with Gasteiger partial charge in [-0.2, -0.15) is 0 Å². The van der Waals surface area contributed by atoms with E-state index in [-0.39, 0.29) is 28.7 Å². The summed E-state index contributed by atoms with van der Waals surface area (Å²) in [5.74, 6) is 0.409. The minimum absolute atomic E-state index is 0.0693. The molecular weight excluding hydrogens is 482 g/mol. The fourth-order valence-electron chi connectivity index (χ4n) is 4.92. The van der Waals surface area contributed by atoms with E-state index in [2.05, 4.69) is 14.7 Å². The van der Waals surface area contributed by atoms with Gasteiger partial charge in [0.05, 0.1) is 18.3 Å². The number of likely N-dealkylation sites (N-methyl/N-ethyl adjacent to an activating group) is 1. The molecule has 2 N–H and O–H groups in total. The summed E-state index contributed by atoms with van der Waals surface area (Å²) < 4.78 is 35.0. The number of nitrogens with zero attached hydrogens (tertiary/aromatic N) is 4. The van der Waals surface area contributed by atoms with E-state index in [4.69, 9.17) is 4.74 Å². The van der Waals surface area contributed by atoms with Gasteiger partial charge in [-0.05, 0) is 43.5 Å². The third-order valence-corrected chi connectivity index (χ3v) is 8.48. The first-order valence-corrected chi connectivity index (χ1v) is 13.7. The molecule has 4 rings (SSSR count). The predicted octanol–water partition coefficient (Wildman–Crippen LogP) is 1.49. The molecule has 10 nitrogen and oxygen atoms in total. The normalized spacial score (nSPS) is 22.8. The van der Waals surface area contributed by atoms with Crippen molar-refractivity contribution in [2.45, 2.75) is 43.6 Å². The Balaban J connectivity index is 1.61. The number of fused-ring (bicyclic) bond motifs is 1. The van der Waals surface area contributed by atoms with Gasteiger partial charge in [0.15, 0.2) is 0 Å². The number of sulfonamides is 1. The molecule has 0 bridgehead atoms. The number of aliphatic hydroxyl groups is 1. The van der Waals surface area contributed by atoms with E-state index in [0.717, 1.165) is 5.56 Å². The van der Waals surface area contributed by atoms with Gasteiger partial charge in [0.1, 0.15) is 17.0 Å². The molecule has 1 aromatic heterocycles. The number of aliphatic hydroxyl groups excluding tert-OH is 1. The summed E-state index contributed by atoms with van der Waals surface area (Å²) in [6, 6.07) is 5.18. The Morgan fingerprint density at radius 1 is 1.22 bits per heavy atom. The molecule has 2 aliphatic rings. The zero-order chi connectivity index (χ0) is 25.9. The van der Waals surface area contributed by atoms with Gasteiger partial charge in [-0.3, -0.25) is 4.79 Å². The van der Waals surface area contributed by atoms with Gasteiger partial charge in [0, 0.05) is 50.5 Å². The maximum Gasteiger partial charge on any atom is 0.256 e. The molecule has 1 atom stereocenters. The van der Waals surface area contributed by atoms with Gasteiger partial charge in [0.25, 0.3) is 5.91 Å². The number of β-amino-alcohol motifs (C(OH)–C–C–N with tert-alkyl or cyclic N) is 1. The van der Waals surface area contributed by atoms with Crippen LogP contribution in [0.4, 0.5) is 0 Å². The number of hydrogen-bond donors (Lipinski definition) is 2. The summed E-state index contributed by atoms with van der Waals surface area (Å²) in [5.41, 5.74) is 1.11. The number of piperidine rings is 1. The molecule has 2 aliphatic heterocycles.